The number of aromatic nitrogens is 2. The van der Waals surface area contributed by atoms with E-state index in [0.717, 1.165) is 28.4 Å². The Balaban J connectivity index is 2.10. The third kappa shape index (κ3) is 2.64. The average molecular weight is 292 g/mol. The minimum Gasteiger partial charge on any atom is -0.283 e. The van der Waals surface area contributed by atoms with Crippen molar-refractivity contribution in [3.8, 4) is 0 Å². The van der Waals surface area contributed by atoms with Gasteiger partial charge in [-0.05, 0) is 43.5 Å². The topological polar surface area (TPSA) is 42.0 Å². The van der Waals surface area contributed by atoms with Crippen molar-refractivity contribution in [1.82, 2.24) is 9.38 Å². The first-order chi connectivity index (χ1) is 10.6. The van der Waals surface area contributed by atoms with Crippen LogP contribution in [0.1, 0.15) is 36.6 Å². The van der Waals surface area contributed by atoms with Crippen LogP contribution in [0.4, 0.5) is 11.5 Å². The van der Waals surface area contributed by atoms with Gasteiger partial charge in [0.1, 0.15) is 5.65 Å². The zero-order valence-electron chi connectivity index (χ0n) is 13.4. The minimum atomic E-state index is 0.297. The van der Waals surface area contributed by atoms with E-state index < -0.39 is 0 Å². The molecule has 2 heterocycles. The molecule has 22 heavy (non-hydrogen) atoms. The molecule has 0 N–H and O–H groups in total. The standard InChI is InChI=1S/C18H20N4/c1-12(2)16-18(21-20-15-9-7-13(3)8-10-15)22-11-5-6-14(4)17(22)19-16/h5-12H,1-4H3. The fraction of sp³-hybridized carbons (Fsp3) is 0.278. The molecule has 3 aromatic rings. The molecule has 112 valence electrons. The number of imidazole rings is 1. The Hall–Kier alpha value is -2.49. The van der Waals surface area contributed by atoms with Crippen molar-refractivity contribution in [3.63, 3.8) is 0 Å². The highest BCUT2D eigenvalue weighted by Gasteiger charge is 2.15. The molecule has 4 heteroatoms. The van der Waals surface area contributed by atoms with Crippen LogP contribution in [0.5, 0.6) is 0 Å². The summed E-state index contributed by atoms with van der Waals surface area (Å²) in [6.07, 6.45) is 1.99. The number of aryl methyl sites for hydroxylation is 2. The highest BCUT2D eigenvalue weighted by atomic mass is 15.2. The fourth-order valence-electron chi connectivity index (χ4n) is 2.41. The molecule has 0 fully saturated rings. The highest BCUT2D eigenvalue weighted by Crippen LogP contribution is 2.30. The van der Waals surface area contributed by atoms with Crippen molar-refractivity contribution in [2.75, 3.05) is 0 Å². The van der Waals surface area contributed by atoms with Crippen LogP contribution in [-0.2, 0) is 0 Å². The van der Waals surface area contributed by atoms with Gasteiger partial charge in [0, 0.05) is 6.20 Å². The molecule has 3 rings (SSSR count). The van der Waals surface area contributed by atoms with E-state index in [1.807, 2.05) is 40.9 Å². The number of nitrogens with zero attached hydrogens (tertiary/aromatic N) is 4. The maximum absolute atomic E-state index is 4.75. The van der Waals surface area contributed by atoms with E-state index in [0.29, 0.717) is 5.92 Å². The molecule has 0 spiro atoms. The lowest BCUT2D eigenvalue weighted by Gasteiger charge is -2.01. The maximum atomic E-state index is 4.75. The molecular formula is C18H20N4. The number of rotatable bonds is 3. The summed E-state index contributed by atoms with van der Waals surface area (Å²) >= 11 is 0. The predicted molar refractivity (Wildman–Crippen MR) is 89.4 cm³/mol. The lowest BCUT2D eigenvalue weighted by molar-refractivity contribution is 0.831. The van der Waals surface area contributed by atoms with Crippen LogP contribution in [0.15, 0.2) is 52.8 Å². The summed E-state index contributed by atoms with van der Waals surface area (Å²) in [6.45, 7) is 8.38. The van der Waals surface area contributed by atoms with Crippen LogP contribution < -0.4 is 0 Å². The Morgan fingerprint density at radius 2 is 1.73 bits per heavy atom. The van der Waals surface area contributed by atoms with Gasteiger partial charge >= 0.3 is 0 Å². The van der Waals surface area contributed by atoms with Crippen molar-refractivity contribution in [2.45, 2.75) is 33.6 Å². The quantitative estimate of drug-likeness (QED) is 0.588. The first-order valence-corrected chi connectivity index (χ1v) is 7.52. The molecule has 0 unspecified atom stereocenters. The van der Waals surface area contributed by atoms with E-state index >= 15 is 0 Å². The molecule has 0 saturated heterocycles. The van der Waals surface area contributed by atoms with Crippen LogP contribution in [0.2, 0.25) is 0 Å². The SMILES string of the molecule is Cc1ccc(N=Nc2c(C(C)C)nc3c(C)cccn23)cc1. The maximum Gasteiger partial charge on any atom is 0.183 e. The highest BCUT2D eigenvalue weighted by molar-refractivity contribution is 5.57. The van der Waals surface area contributed by atoms with Gasteiger partial charge in [0.2, 0.25) is 0 Å². The number of azo groups is 1. The second kappa shape index (κ2) is 5.72. The molecule has 0 bridgehead atoms. The Morgan fingerprint density at radius 3 is 2.41 bits per heavy atom. The van der Waals surface area contributed by atoms with Crippen molar-refractivity contribution >= 4 is 17.2 Å². The van der Waals surface area contributed by atoms with E-state index in [-0.39, 0.29) is 0 Å². The fourth-order valence-corrected chi connectivity index (χ4v) is 2.41. The van der Waals surface area contributed by atoms with Crippen molar-refractivity contribution < 1.29 is 0 Å². The number of hydrogen-bond donors (Lipinski definition) is 0. The van der Waals surface area contributed by atoms with Gasteiger partial charge in [-0.15, -0.1) is 10.2 Å². The summed E-state index contributed by atoms with van der Waals surface area (Å²) in [7, 11) is 0. The van der Waals surface area contributed by atoms with Gasteiger partial charge in [-0.25, -0.2) is 4.98 Å². The molecule has 4 nitrogen and oxygen atoms in total. The third-order valence-electron chi connectivity index (χ3n) is 3.69. The van der Waals surface area contributed by atoms with Crippen molar-refractivity contribution in [1.29, 1.82) is 0 Å². The Bertz CT molecular complexity index is 826. The second-order valence-electron chi connectivity index (χ2n) is 5.90. The largest absolute Gasteiger partial charge is 0.283 e. The summed E-state index contributed by atoms with van der Waals surface area (Å²) in [4.78, 5) is 4.75. The molecular weight excluding hydrogens is 272 g/mol. The summed E-state index contributed by atoms with van der Waals surface area (Å²) < 4.78 is 2.02. The Labute approximate surface area is 130 Å². The van der Waals surface area contributed by atoms with E-state index in [1.54, 1.807) is 0 Å². The van der Waals surface area contributed by atoms with Gasteiger partial charge in [0.15, 0.2) is 5.82 Å². The summed E-state index contributed by atoms with van der Waals surface area (Å²) in [6, 6.07) is 12.1. The number of fused-ring (bicyclic) bond motifs is 1. The van der Waals surface area contributed by atoms with E-state index in [9.17, 15) is 0 Å². The van der Waals surface area contributed by atoms with Gasteiger partial charge in [-0.3, -0.25) is 4.40 Å². The molecule has 0 saturated carbocycles. The zero-order valence-corrected chi connectivity index (χ0v) is 13.4. The first kappa shape index (κ1) is 14.4. The monoisotopic (exact) mass is 292 g/mol. The van der Waals surface area contributed by atoms with Gasteiger partial charge in [0.05, 0.1) is 11.4 Å². The van der Waals surface area contributed by atoms with Crippen molar-refractivity contribution in [3.05, 3.63) is 59.4 Å². The summed E-state index contributed by atoms with van der Waals surface area (Å²) in [5, 5.41) is 8.86. The molecule has 0 radical (unpaired) electrons. The van der Waals surface area contributed by atoms with Gasteiger partial charge in [-0.1, -0.05) is 37.6 Å². The second-order valence-corrected chi connectivity index (χ2v) is 5.90. The number of pyridine rings is 1. The lowest BCUT2D eigenvalue weighted by Crippen LogP contribution is -1.87. The van der Waals surface area contributed by atoms with Crippen LogP contribution in [0.3, 0.4) is 0 Å². The first-order valence-electron chi connectivity index (χ1n) is 7.52. The molecule has 0 aliphatic rings. The zero-order chi connectivity index (χ0) is 15.7. The summed E-state index contributed by atoms with van der Waals surface area (Å²) in [5.41, 5.74) is 5.13. The normalized spacial score (nSPS) is 11.9. The van der Waals surface area contributed by atoms with Gasteiger partial charge in [-0.2, -0.15) is 0 Å². The third-order valence-corrected chi connectivity index (χ3v) is 3.69. The van der Waals surface area contributed by atoms with Crippen LogP contribution in [0, 0.1) is 13.8 Å². The van der Waals surface area contributed by atoms with Gasteiger partial charge < -0.3 is 0 Å². The van der Waals surface area contributed by atoms with Crippen LogP contribution >= 0.6 is 0 Å². The van der Waals surface area contributed by atoms with E-state index in [2.05, 4.69) is 44.0 Å². The molecule has 0 aliphatic heterocycles. The molecule has 1 aromatic carbocycles. The van der Waals surface area contributed by atoms with E-state index in [1.165, 1.54) is 5.56 Å². The number of benzene rings is 1. The molecule has 0 atom stereocenters. The summed E-state index contributed by atoms with van der Waals surface area (Å²) in [5.74, 6) is 1.11. The lowest BCUT2D eigenvalue weighted by atomic mass is 10.1. The van der Waals surface area contributed by atoms with Crippen molar-refractivity contribution in [2.24, 2.45) is 10.2 Å². The molecule has 0 amide bonds. The smallest absolute Gasteiger partial charge is 0.183 e. The Kier molecular flexibility index (Phi) is 3.75. The van der Waals surface area contributed by atoms with E-state index in [4.69, 9.17) is 4.98 Å². The Morgan fingerprint density at radius 1 is 1.00 bits per heavy atom. The van der Waals surface area contributed by atoms with Gasteiger partial charge in [0.25, 0.3) is 0 Å². The van der Waals surface area contributed by atoms with Crippen LogP contribution in [-0.4, -0.2) is 9.38 Å². The van der Waals surface area contributed by atoms with Crippen LogP contribution in [0.25, 0.3) is 5.65 Å². The predicted octanol–water partition coefficient (Wildman–Crippen LogP) is 5.49. The molecule has 0 aliphatic carbocycles. The molecule has 2 aromatic heterocycles. The average Bonchev–Trinajstić information content (AvgIpc) is 2.87. The minimum absolute atomic E-state index is 0.297. The number of hydrogen-bond acceptors (Lipinski definition) is 3.